The maximum absolute atomic E-state index is 6.82. The molecule has 3 aromatic heterocycles. The predicted octanol–water partition coefficient (Wildman–Crippen LogP) is 15.9. The number of nitrogens with zero attached hydrogens (tertiary/aromatic N) is 2. The SMILES string of the molecule is c1ccc(-c2ccc(N(c3ccc4c(c3)oc3cccc(-n5c6ccccc6c6ccccc65)c34)c3cccc4c3sc3c(-c5ccccc5)cccc34)cc2)cc1. The van der Waals surface area contributed by atoms with Crippen LogP contribution in [0.5, 0.6) is 0 Å². The minimum atomic E-state index is 0.849. The highest BCUT2D eigenvalue weighted by molar-refractivity contribution is 7.27. The summed E-state index contributed by atoms with van der Waals surface area (Å²) < 4.78 is 11.7. The molecule has 4 heteroatoms. The van der Waals surface area contributed by atoms with Crippen molar-refractivity contribution < 1.29 is 4.42 Å². The molecule has 58 heavy (non-hydrogen) atoms. The average Bonchev–Trinajstić information content (AvgIpc) is 3.97. The second-order valence-corrected chi connectivity index (χ2v) is 15.9. The summed E-state index contributed by atoms with van der Waals surface area (Å²) in [6, 6.07) is 74.2. The summed E-state index contributed by atoms with van der Waals surface area (Å²) in [4.78, 5) is 2.40. The first-order valence-electron chi connectivity index (χ1n) is 19.7. The van der Waals surface area contributed by atoms with Gasteiger partial charge in [-0.15, -0.1) is 11.3 Å². The first-order chi connectivity index (χ1) is 28.8. The third-order valence-corrected chi connectivity index (χ3v) is 12.9. The van der Waals surface area contributed by atoms with Gasteiger partial charge < -0.3 is 13.9 Å². The van der Waals surface area contributed by atoms with Crippen LogP contribution in [0.15, 0.2) is 211 Å². The molecule has 0 radical (unpaired) electrons. The fourth-order valence-electron chi connectivity index (χ4n) is 8.99. The number of aromatic nitrogens is 1. The van der Waals surface area contributed by atoms with Crippen molar-refractivity contribution in [3.63, 3.8) is 0 Å². The molecule has 12 aromatic rings. The summed E-state index contributed by atoms with van der Waals surface area (Å²) in [7, 11) is 0. The van der Waals surface area contributed by atoms with Gasteiger partial charge in [-0.25, -0.2) is 0 Å². The quantitative estimate of drug-likeness (QED) is 0.168. The Morgan fingerprint density at radius 2 is 0.983 bits per heavy atom. The van der Waals surface area contributed by atoms with Gasteiger partial charge in [-0.3, -0.25) is 0 Å². The molecule has 0 saturated heterocycles. The zero-order valence-corrected chi connectivity index (χ0v) is 32.2. The Morgan fingerprint density at radius 3 is 1.72 bits per heavy atom. The number of furan rings is 1. The van der Waals surface area contributed by atoms with E-state index in [0.717, 1.165) is 44.7 Å². The number of rotatable bonds is 6. The molecule has 0 aliphatic rings. The van der Waals surface area contributed by atoms with Crippen molar-refractivity contribution in [2.45, 2.75) is 0 Å². The van der Waals surface area contributed by atoms with Gasteiger partial charge in [0.2, 0.25) is 0 Å². The third kappa shape index (κ3) is 5.05. The van der Waals surface area contributed by atoms with Gasteiger partial charge in [-0.1, -0.05) is 146 Å². The van der Waals surface area contributed by atoms with Crippen LogP contribution in [-0.2, 0) is 0 Å². The molecule has 0 aliphatic carbocycles. The number of thiophene rings is 1. The molecule has 0 unspecified atom stereocenters. The maximum atomic E-state index is 6.82. The molecule has 0 N–H and O–H groups in total. The molecular formula is C54H34N2OS. The van der Waals surface area contributed by atoms with Crippen LogP contribution < -0.4 is 4.90 Å². The number of hydrogen-bond acceptors (Lipinski definition) is 3. The van der Waals surface area contributed by atoms with E-state index in [-0.39, 0.29) is 0 Å². The van der Waals surface area contributed by atoms with Gasteiger partial charge in [0.15, 0.2) is 0 Å². The predicted molar refractivity (Wildman–Crippen MR) is 247 cm³/mol. The fraction of sp³-hybridized carbons (Fsp3) is 0. The second kappa shape index (κ2) is 13.1. The van der Waals surface area contributed by atoms with Gasteiger partial charge in [0.1, 0.15) is 11.2 Å². The highest BCUT2D eigenvalue weighted by atomic mass is 32.1. The standard InChI is InChI=1S/C54H34N2OS/c1-3-14-35(15-4-1)36-28-30-38(31-29-36)55(49-26-12-22-44-43-21-11-20-40(53(43)58-54(44)49)37-16-5-2-6-17-37)39-32-33-45-51(34-39)57-50-27-13-25-48(52(45)50)56-46-23-9-7-18-41(46)42-19-8-10-24-47(42)56/h1-34H. The molecule has 3 heterocycles. The van der Waals surface area contributed by atoms with Gasteiger partial charge in [0.05, 0.1) is 32.5 Å². The summed E-state index contributed by atoms with van der Waals surface area (Å²) in [5.74, 6) is 0. The van der Waals surface area contributed by atoms with Crippen LogP contribution in [0, 0.1) is 0 Å². The molecule has 0 saturated carbocycles. The Hall–Kier alpha value is -7.40. The van der Waals surface area contributed by atoms with E-state index in [1.807, 2.05) is 11.3 Å². The molecule has 3 nitrogen and oxygen atoms in total. The molecule has 272 valence electrons. The Morgan fingerprint density at radius 1 is 0.397 bits per heavy atom. The number of para-hydroxylation sites is 2. The monoisotopic (exact) mass is 758 g/mol. The largest absolute Gasteiger partial charge is 0.456 e. The van der Waals surface area contributed by atoms with Gasteiger partial charge in [-0.05, 0) is 76.9 Å². The van der Waals surface area contributed by atoms with Crippen molar-refractivity contribution in [3.8, 4) is 27.9 Å². The average molecular weight is 759 g/mol. The lowest BCUT2D eigenvalue weighted by atomic mass is 10.0. The van der Waals surface area contributed by atoms with Crippen molar-refractivity contribution in [2.75, 3.05) is 4.90 Å². The Labute approximate surface area is 338 Å². The summed E-state index contributed by atoms with van der Waals surface area (Å²) in [6.07, 6.45) is 0. The molecule has 0 bridgehead atoms. The molecule has 12 rings (SSSR count). The van der Waals surface area contributed by atoms with E-state index in [2.05, 4.69) is 216 Å². The molecular weight excluding hydrogens is 725 g/mol. The molecule has 0 fully saturated rings. The highest BCUT2D eigenvalue weighted by Crippen LogP contribution is 2.48. The molecule has 0 atom stereocenters. The number of fused-ring (bicyclic) bond motifs is 9. The summed E-state index contributed by atoms with van der Waals surface area (Å²) in [5, 5.41) is 7.20. The highest BCUT2D eigenvalue weighted by Gasteiger charge is 2.22. The van der Waals surface area contributed by atoms with Crippen LogP contribution >= 0.6 is 11.3 Å². The van der Waals surface area contributed by atoms with Crippen molar-refractivity contribution in [3.05, 3.63) is 206 Å². The Balaban J connectivity index is 1.07. The minimum Gasteiger partial charge on any atom is -0.456 e. The first kappa shape index (κ1) is 32.8. The summed E-state index contributed by atoms with van der Waals surface area (Å²) >= 11 is 1.87. The van der Waals surface area contributed by atoms with E-state index >= 15 is 0 Å². The van der Waals surface area contributed by atoms with Crippen LogP contribution in [0.4, 0.5) is 17.1 Å². The normalized spacial score (nSPS) is 11.8. The molecule has 0 amide bonds. The van der Waals surface area contributed by atoms with E-state index in [0.29, 0.717) is 0 Å². The number of benzene rings is 9. The fourth-order valence-corrected chi connectivity index (χ4v) is 10.3. The smallest absolute Gasteiger partial charge is 0.137 e. The van der Waals surface area contributed by atoms with Gasteiger partial charge >= 0.3 is 0 Å². The lowest BCUT2D eigenvalue weighted by Crippen LogP contribution is -2.10. The molecule has 9 aromatic carbocycles. The van der Waals surface area contributed by atoms with E-state index in [1.54, 1.807) is 0 Å². The summed E-state index contributed by atoms with van der Waals surface area (Å²) in [6.45, 7) is 0. The number of anilines is 3. The topological polar surface area (TPSA) is 21.3 Å². The zero-order chi connectivity index (χ0) is 38.2. The van der Waals surface area contributed by atoms with Gasteiger partial charge in [-0.2, -0.15) is 0 Å². The van der Waals surface area contributed by atoms with E-state index < -0.39 is 0 Å². The van der Waals surface area contributed by atoms with E-state index in [9.17, 15) is 0 Å². The van der Waals surface area contributed by atoms with Crippen molar-refractivity contribution in [1.82, 2.24) is 4.57 Å². The summed E-state index contributed by atoms with van der Waals surface area (Å²) in [5.41, 5.74) is 13.3. The Kier molecular flexibility index (Phi) is 7.40. The molecule has 0 aliphatic heterocycles. The van der Waals surface area contributed by atoms with Crippen LogP contribution in [-0.4, -0.2) is 4.57 Å². The first-order valence-corrected chi connectivity index (χ1v) is 20.5. The Bertz CT molecular complexity index is 3450. The van der Waals surface area contributed by atoms with Crippen molar-refractivity contribution in [1.29, 1.82) is 0 Å². The van der Waals surface area contributed by atoms with Crippen LogP contribution in [0.25, 0.3) is 91.9 Å². The second-order valence-electron chi connectivity index (χ2n) is 14.9. The van der Waals surface area contributed by atoms with E-state index in [4.69, 9.17) is 4.42 Å². The van der Waals surface area contributed by atoms with Crippen LogP contribution in [0.1, 0.15) is 0 Å². The van der Waals surface area contributed by atoms with Crippen molar-refractivity contribution in [2.24, 2.45) is 0 Å². The van der Waals surface area contributed by atoms with E-state index in [1.165, 1.54) is 64.2 Å². The lowest BCUT2D eigenvalue weighted by molar-refractivity contribution is 0.669. The van der Waals surface area contributed by atoms with Gasteiger partial charge in [0, 0.05) is 49.1 Å². The number of hydrogen-bond donors (Lipinski definition) is 0. The van der Waals surface area contributed by atoms with Crippen LogP contribution in [0.2, 0.25) is 0 Å². The van der Waals surface area contributed by atoms with Crippen LogP contribution in [0.3, 0.4) is 0 Å². The lowest BCUT2D eigenvalue weighted by Gasteiger charge is -2.26. The third-order valence-electron chi connectivity index (χ3n) is 11.6. The maximum Gasteiger partial charge on any atom is 0.137 e. The van der Waals surface area contributed by atoms with Crippen molar-refractivity contribution >= 4 is 92.3 Å². The minimum absolute atomic E-state index is 0.849. The molecule has 0 spiro atoms. The van der Waals surface area contributed by atoms with Gasteiger partial charge in [0.25, 0.3) is 0 Å². The zero-order valence-electron chi connectivity index (χ0n) is 31.3.